The zero-order chi connectivity index (χ0) is 12.7. The van der Waals surface area contributed by atoms with Crippen LogP contribution < -0.4 is 0 Å². The van der Waals surface area contributed by atoms with Crippen molar-refractivity contribution in [1.82, 2.24) is 0 Å². The van der Waals surface area contributed by atoms with Crippen molar-refractivity contribution in [3.8, 4) is 0 Å². The molecule has 1 fully saturated rings. The third-order valence-electron chi connectivity index (χ3n) is 2.88. The first kappa shape index (κ1) is 19.2. The summed E-state index contributed by atoms with van der Waals surface area (Å²) in [5.74, 6) is 0. The van der Waals surface area contributed by atoms with Gasteiger partial charge >= 0.3 is 146 Å². The van der Waals surface area contributed by atoms with Crippen LogP contribution >= 0.6 is 0 Å². The number of hydrogen-bond acceptors (Lipinski definition) is 0. The summed E-state index contributed by atoms with van der Waals surface area (Å²) in [6, 6.07) is 0. The maximum atomic E-state index is 1.63. The van der Waals surface area contributed by atoms with Crippen LogP contribution in [0.3, 0.4) is 0 Å². The van der Waals surface area contributed by atoms with Crippen molar-refractivity contribution < 1.29 is 0 Å². The van der Waals surface area contributed by atoms with Gasteiger partial charge in [-0.05, 0) is 0 Å². The van der Waals surface area contributed by atoms with Gasteiger partial charge < -0.3 is 0 Å². The number of rotatable bonds is 0. The van der Waals surface area contributed by atoms with Crippen LogP contribution in [0.5, 0.6) is 0 Å². The van der Waals surface area contributed by atoms with E-state index in [0.717, 1.165) is 48.9 Å². The molecule has 108 valence electrons. The monoisotopic (exact) mass is 648 g/mol. The molecular weight excluding hydrogens is 618 g/mol. The molecular formula is C12H24Se6. The molecule has 1 saturated heterocycles. The SMILES string of the molecule is C1CCCCCC[Se][Se][Se][Se][Se][Se]CCCCC1. The van der Waals surface area contributed by atoms with Crippen molar-refractivity contribution in [2.75, 3.05) is 0 Å². The molecule has 0 aliphatic carbocycles. The number of hydrogen-bond donors (Lipinski definition) is 0. The molecule has 0 unspecified atom stereocenters. The Morgan fingerprint density at radius 1 is 0.333 bits per heavy atom. The molecule has 18 heavy (non-hydrogen) atoms. The van der Waals surface area contributed by atoms with Crippen LogP contribution in [0.2, 0.25) is 10.6 Å². The normalized spacial score (nSPS) is 24.0. The fourth-order valence-electron chi connectivity index (χ4n) is 1.87. The summed E-state index contributed by atoms with van der Waals surface area (Å²) in [5, 5.41) is 3.26. The Morgan fingerprint density at radius 3 is 1.06 bits per heavy atom. The first-order valence-electron chi connectivity index (χ1n) is 6.91. The third-order valence-corrected chi connectivity index (χ3v) is 82.5. The summed E-state index contributed by atoms with van der Waals surface area (Å²) in [5.41, 5.74) is 0. The molecule has 0 bridgehead atoms. The molecule has 0 radical (unpaired) electrons. The Bertz CT molecular complexity index is 91.6. The molecule has 0 nitrogen and oxygen atoms in total. The van der Waals surface area contributed by atoms with Crippen molar-refractivity contribution in [3.63, 3.8) is 0 Å². The standard InChI is InChI=1S/C12H24Se6/c1-2-4-6-8-10-12-14-16-18-17-15-13-11-9-7-5-3-1/h1-12H2. The van der Waals surface area contributed by atoms with Gasteiger partial charge in [0.15, 0.2) is 0 Å². The van der Waals surface area contributed by atoms with Gasteiger partial charge in [-0.3, -0.25) is 0 Å². The van der Waals surface area contributed by atoms with E-state index in [1.165, 1.54) is 61.1 Å². The summed E-state index contributed by atoms with van der Waals surface area (Å²) >= 11 is 6.86. The van der Waals surface area contributed by atoms with E-state index < -0.39 is 0 Å². The van der Waals surface area contributed by atoms with E-state index in [2.05, 4.69) is 0 Å². The zero-order valence-electron chi connectivity index (χ0n) is 10.9. The fraction of sp³-hybridized carbons (Fsp3) is 1.00. The molecule has 0 aromatic rings. The summed E-state index contributed by atoms with van der Waals surface area (Å²) in [7, 11) is 0. The Hall–Kier alpha value is 3.12. The van der Waals surface area contributed by atoms with Gasteiger partial charge in [0.25, 0.3) is 0 Å². The molecule has 0 amide bonds. The minimum absolute atomic E-state index is 1.10. The van der Waals surface area contributed by atoms with E-state index in [4.69, 9.17) is 0 Å². The maximum absolute atomic E-state index is 1.63. The zero-order valence-corrected chi connectivity index (χ0v) is 21.2. The predicted octanol–water partition coefficient (Wildman–Crippen LogP) is 2.54. The van der Waals surface area contributed by atoms with E-state index in [1.54, 1.807) is 36.3 Å². The Kier molecular flexibility index (Phi) is 17.6. The fourth-order valence-corrected chi connectivity index (χ4v) is 130. The van der Waals surface area contributed by atoms with Crippen LogP contribution in [0, 0.1) is 0 Å². The van der Waals surface area contributed by atoms with Gasteiger partial charge in [-0.2, -0.15) is 0 Å². The predicted molar refractivity (Wildman–Crippen MR) is 90.3 cm³/mol. The second kappa shape index (κ2) is 16.5. The Labute approximate surface area is 144 Å². The quantitative estimate of drug-likeness (QED) is 0.357. The summed E-state index contributed by atoms with van der Waals surface area (Å²) in [6.07, 6.45) is 15.4. The molecule has 0 aromatic carbocycles. The van der Waals surface area contributed by atoms with Crippen LogP contribution in [-0.2, 0) is 0 Å². The van der Waals surface area contributed by atoms with Crippen molar-refractivity contribution in [2.45, 2.75) is 74.8 Å². The molecule has 1 aliphatic rings. The molecule has 0 atom stereocenters. The van der Waals surface area contributed by atoms with E-state index in [-0.39, 0.29) is 0 Å². The molecule has 0 saturated carbocycles. The topological polar surface area (TPSA) is 0 Å². The van der Waals surface area contributed by atoms with Crippen LogP contribution in [0.25, 0.3) is 0 Å². The van der Waals surface area contributed by atoms with Crippen LogP contribution in [0.4, 0.5) is 0 Å². The van der Waals surface area contributed by atoms with Crippen molar-refractivity contribution in [2.24, 2.45) is 0 Å². The van der Waals surface area contributed by atoms with Crippen molar-refractivity contribution in [3.05, 3.63) is 0 Å². The third kappa shape index (κ3) is 14.1. The second-order valence-corrected chi connectivity index (χ2v) is 50.2. The van der Waals surface area contributed by atoms with Gasteiger partial charge in [0.1, 0.15) is 0 Å². The van der Waals surface area contributed by atoms with Gasteiger partial charge in [0, 0.05) is 0 Å². The molecule has 0 N–H and O–H groups in total. The average molecular weight is 642 g/mol. The van der Waals surface area contributed by atoms with Crippen molar-refractivity contribution in [1.29, 1.82) is 0 Å². The van der Waals surface area contributed by atoms with Gasteiger partial charge in [0.2, 0.25) is 0 Å². The molecule has 1 aliphatic heterocycles. The summed E-state index contributed by atoms with van der Waals surface area (Å²) in [4.78, 5) is 0. The van der Waals surface area contributed by atoms with E-state index in [1.807, 2.05) is 0 Å². The summed E-state index contributed by atoms with van der Waals surface area (Å²) in [6.45, 7) is 0. The van der Waals surface area contributed by atoms with Gasteiger partial charge in [0.05, 0.1) is 0 Å². The molecule has 0 spiro atoms. The minimum atomic E-state index is 1.10. The van der Waals surface area contributed by atoms with E-state index >= 15 is 0 Å². The van der Waals surface area contributed by atoms with Crippen LogP contribution in [0.1, 0.15) is 64.2 Å². The molecule has 6 heteroatoms. The van der Waals surface area contributed by atoms with Crippen molar-refractivity contribution >= 4 is 71.5 Å². The molecule has 1 heterocycles. The van der Waals surface area contributed by atoms with Gasteiger partial charge in [-0.1, -0.05) is 0 Å². The van der Waals surface area contributed by atoms with Gasteiger partial charge in [-0.15, -0.1) is 0 Å². The van der Waals surface area contributed by atoms with E-state index in [9.17, 15) is 0 Å². The average Bonchev–Trinajstić information content (AvgIpc) is 2.39. The van der Waals surface area contributed by atoms with E-state index in [0.29, 0.717) is 0 Å². The molecule has 0 aromatic heterocycles. The Morgan fingerprint density at radius 2 is 0.667 bits per heavy atom. The Balaban J connectivity index is 2.00. The van der Waals surface area contributed by atoms with Gasteiger partial charge in [-0.25, -0.2) is 0 Å². The first-order chi connectivity index (χ1) is 9.00. The second-order valence-electron chi connectivity index (χ2n) is 4.45. The summed E-state index contributed by atoms with van der Waals surface area (Å²) < 4.78 is 0. The molecule has 1 rings (SSSR count). The van der Waals surface area contributed by atoms with Crippen LogP contribution in [-0.4, -0.2) is 71.5 Å². The first-order valence-corrected chi connectivity index (χ1v) is 31.0. The van der Waals surface area contributed by atoms with Crippen LogP contribution in [0.15, 0.2) is 0 Å².